The average molecular weight is 692 g/mol. The molecular weight excluding hydrogens is 672 g/mol. The van der Waals surface area contributed by atoms with Crippen molar-refractivity contribution >= 4 is 103 Å². The van der Waals surface area contributed by atoms with Gasteiger partial charge in [-0.3, -0.25) is 9.69 Å². The molecule has 1 saturated heterocycles. The van der Waals surface area contributed by atoms with Crippen molar-refractivity contribution in [2.45, 2.75) is 13.5 Å². The molecule has 1 aliphatic heterocycles. The zero-order valence-electron chi connectivity index (χ0n) is 20.0. The number of fused-ring (bicyclic) bond motifs is 1. The van der Waals surface area contributed by atoms with Crippen LogP contribution in [0.2, 0.25) is 10.0 Å². The first-order chi connectivity index (χ1) is 18.4. The monoisotopic (exact) mass is 691 g/mol. The number of ether oxygens (including phenoxy) is 2. The number of rotatable bonds is 7. The second-order valence-corrected chi connectivity index (χ2v) is 12.0. The molecular formula is C29H20Cl2INO3S2. The van der Waals surface area contributed by atoms with Gasteiger partial charge in [-0.25, -0.2) is 0 Å². The Kier molecular flexibility index (Phi) is 8.50. The van der Waals surface area contributed by atoms with Gasteiger partial charge in [-0.2, -0.15) is 0 Å². The van der Waals surface area contributed by atoms with Crippen LogP contribution in [0, 0.1) is 3.57 Å². The topological polar surface area (TPSA) is 38.8 Å². The van der Waals surface area contributed by atoms with Crippen LogP contribution in [0.25, 0.3) is 16.8 Å². The first-order valence-electron chi connectivity index (χ1n) is 11.6. The first-order valence-corrected chi connectivity index (χ1v) is 14.7. The number of halogens is 3. The maximum absolute atomic E-state index is 13.3. The molecule has 4 aromatic rings. The summed E-state index contributed by atoms with van der Waals surface area (Å²) < 4.78 is 13.5. The Bertz CT molecular complexity index is 1600. The van der Waals surface area contributed by atoms with Crippen molar-refractivity contribution in [1.29, 1.82) is 0 Å². The number of anilines is 1. The Morgan fingerprint density at radius 1 is 1.00 bits per heavy atom. The minimum atomic E-state index is -0.220. The molecule has 0 saturated carbocycles. The van der Waals surface area contributed by atoms with Crippen molar-refractivity contribution in [3.8, 4) is 11.5 Å². The van der Waals surface area contributed by atoms with Gasteiger partial charge in [-0.15, -0.1) is 0 Å². The lowest BCUT2D eigenvalue weighted by atomic mass is 10.1. The van der Waals surface area contributed by atoms with E-state index in [0.717, 1.165) is 20.1 Å². The number of hydrogen-bond donors (Lipinski definition) is 0. The van der Waals surface area contributed by atoms with E-state index in [1.54, 1.807) is 18.2 Å². The number of thioether (sulfide) groups is 1. The van der Waals surface area contributed by atoms with Crippen LogP contribution >= 0.6 is 69.8 Å². The lowest BCUT2D eigenvalue weighted by Gasteiger charge is -2.16. The molecule has 0 atom stereocenters. The fourth-order valence-electron chi connectivity index (χ4n) is 4.11. The smallest absolute Gasteiger partial charge is 0.270 e. The van der Waals surface area contributed by atoms with Gasteiger partial charge in [0.2, 0.25) is 0 Å². The van der Waals surface area contributed by atoms with Gasteiger partial charge in [0.1, 0.15) is 6.61 Å². The molecule has 38 heavy (non-hydrogen) atoms. The molecule has 1 fully saturated rings. The lowest BCUT2D eigenvalue weighted by molar-refractivity contribution is -0.113. The van der Waals surface area contributed by atoms with Crippen molar-refractivity contribution in [3.63, 3.8) is 0 Å². The van der Waals surface area contributed by atoms with Gasteiger partial charge in [0.25, 0.3) is 5.91 Å². The number of benzene rings is 4. The molecule has 0 unspecified atom stereocenters. The molecule has 0 bridgehead atoms. The van der Waals surface area contributed by atoms with Crippen molar-refractivity contribution in [1.82, 2.24) is 0 Å². The number of hydrogen-bond acceptors (Lipinski definition) is 5. The minimum Gasteiger partial charge on any atom is -0.490 e. The highest BCUT2D eigenvalue weighted by molar-refractivity contribution is 14.1. The summed E-state index contributed by atoms with van der Waals surface area (Å²) in [6.07, 6.45) is 1.82. The van der Waals surface area contributed by atoms with E-state index in [1.165, 1.54) is 22.0 Å². The second-order valence-electron chi connectivity index (χ2n) is 8.31. The quantitative estimate of drug-likeness (QED) is 0.110. The highest BCUT2D eigenvalue weighted by atomic mass is 127. The van der Waals surface area contributed by atoms with Crippen LogP contribution in [0.15, 0.2) is 77.7 Å². The number of nitrogens with zero attached hydrogens (tertiary/aromatic N) is 1. The fourth-order valence-corrected chi connectivity index (χ4v) is 6.48. The van der Waals surface area contributed by atoms with Crippen LogP contribution in [0.4, 0.5) is 5.69 Å². The summed E-state index contributed by atoms with van der Waals surface area (Å²) in [4.78, 5) is 15.2. The minimum absolute atomic E-state index is 0.220. The van der Waals surface area contributed by atoms with Gasteiger partial charge in [0.15, 0.2) is 15.8 Å². The highest BCUT2D eigenvalue weighted by Crippen LogP contribution is 2.40. The molecule has 192 valence electrons. The third kappa shape index (κ3) is 5.67. The largest absolute Gasteiger partial charge is 0.490 e. The summed E-state index contributed by atoms with van der Waals surface area (Å²) in [5, 5.41) is 3.10. The average Bonchev–Trinajstić information content (AvgIpc) is 3.17. The summed E-state index contributed by atoms with van der Waals surface area (Å²) in [5.74, 6) is 1.06. The zero-order chi connectivity index (χ0) is 26.8. The Morgan fingerprint density at radius 3 is 2.58 bits per heavy atom. The molecule has 5 rings (SSSR count). The van der Waals surface area contributed by atoms with E-state index in [9.17, 15) is 4.79 Å². The summed E-state index contributed by atoms with van der Waals surface area (Å²) in [6.45, 7) is 2.80. The Morgan fingerprint density at radius 2 is 1.79 bits per heavy atom. The van der Waals surface area contributed by atoms with Gasteiger partial charge >= 0.3 is 0 Å². The molecule has 0 spiro atoms. The van der Waals surface area contributed by atoms with Gasteiger partial charge in [0, 0.05) is 0 Å². The van der Waals surface area contributed by atoms with E-state index in [2.05, 4.69) is 46.9 Å². The fraction of sp³-hybridized carbons (Fsp3) is 0.103. The highest BCUT2D eigenvalue weighted by Gasteiger charge is 2.33. The van der Waals surface area contributed by atoms with E-state index in [4.69, 9.17) is 44.9 Å². The molecule has 1 heterocycles. The van der Waals surface area contributed by atoms with Crippen LogP contribution in [-0.2, 0) is 11.4 Å². The molecule has 4 aromatic carbocycles. The second kappa shape index (κ2) is 11.8. The van der Waals surface area contributed by atoms with Crippen molar-refractivity contribution in [2.24, 2.45) is 0 Å². The molecule has 0 aromatic heterocycles. The van der Waals surface area contributed by atoms with E-state index in [-0.39, 0.29) is 5.91 Å². The number of carbonyl (C=O) groups is 1. The van der Waals surface area contributed by atoms with E-state index >= 15 is 0 Å². The molecule has 0 N–H and O–H groups in total. The van der Waals surface area contributed by atoms with E-state index < -0.39 is 0 Å². The Labute approximate surface area is 254 Å². The summed E-state index contributed by atoms with van der Waals surface area (Å²) >= 11 is 21.2. The molecule has 0 aliphatic carbocycles. The normalized spacial score (nSPS) is 14.5. The first kappa shape index (κ1) is 27.3. The third-order valence-corrected chi connectivity index (χ3v) is 8.68. The maximum Gasteiger partial charge on any atom is 0.270 e. The molecule has 1 aliphatic rings. The van der Waals surface area contributed by atoms with Crippen LogP contribution in [0.5, 0.6) is 11.5 Å². The Balaban J connectivity index is 1.42. The van der Waals surface area contributed by atoms with Crippen molar-refractivity contribution < 1.29 is 14.3 Å². The molecule has 4 nitrogen and oxygen atoms in total. The van der Waals surface area contributed by atoms with E-state index in [1.807, 2.05) is 43.3 Å². The lowest BCUT2D eigenvalue weighted by Crippen LogP contribution is -2.27. The van der Waals surface area contributed by atoms with Gasteiger partial charge in [-0.05, 0) is 87.8 Å². The predicted molar refractivity (Wildman–Crippen MR) is 171 cm³/mol. The van der Waals surface area contributed by atoms with Crippen LogP contribution in [0.1, 0.15) is 18.1 Å². The molecule has 1 amide bonds. The SMILES string of the molecule is CCOc1cc(/C=C2\SC(=S)N(c3ccc(Cl)c(Cl)c3)C2=O)cc(I)c1OCc1cccc2ccccc12. The van der Waals surface area contributed by atoms with Crippen LogP contribution in [-0.4, -0.2) is 16.8 Å². The zero-order valence-corrected chi connectivity index (χ0v) is 25.3. The van der Waals surface area contributed by atoms with Crippen molar-refractivity contribution in [3.05, 3.63) is 102 Å². The van der Waals surface area contributed by atoms with Crippen LogP contribution in [0.3, 0.4) is 0 Å². The third-order valence-electron chi connectivity index (χ3n) is 5.84. The van der Waals surface area contributed by atoms with Gasteiger partial charge in [0.05, 0.1) is 30.8 Å². The number of thiocarbonyl (C=S) groups is 1. The van der Waals surface area contributed by atoms with Crippen molar-refractivity contribution in [2.75, 3.05) is 11.5 Å². The maximum atomic E-state index is 13.3. The van der Waals surface area contributed by atoms with Crippen LogP contribution < -0.4 is 14.4 Å². The summed E-state index contributed by atoms with van der Waals surface area (Å²) in [6, 6.07) is 23.3. The standard InChI is InChI=1S/C29H20Cl2INO3S2/c1-2-35-25-13-17(14-26-28(34)33(29(37)38-26)20-10-11-22(30)23(31)15-20)12-24(32)27(25)36-16-19-8-5-7-18-6-3-4-9-21(18)19/h3-15H,2,16H2,1H3/b26-14-. The molecule has 0 radical (unpaired) electrons. The van der Waals surface area contributed by atoms with Gasteiger partial charge < -0.3 is 9.47 Å². The number of carbonyl (C=O) groups excluding carboxylic acids is 1. The molecule has 9 heteroatoms. The Hall–Kier alpha value is -2.30. The summed E-state index contributed by atoms with van der Waals surface area (Å²) in [7, 11) is 0. The number of amides is 1. The van der Waals surface area contributed by atoms with Gasteiger partial charge in [-0.1, -0.05) is 89.6 Å². The summed E-state index contributed by atoms with van der Waals surface area (Å²) in [5.41, 5.74) is 2.48. The predicted octanol–water partition coefficient (Wildman–Crippen LogP) is 9.13. The van der Waals surface area contributed by atoms with E-state index in [0.29, 0.717) is 49.7 Å².